The lowest BCUT2D eigenvalue weighted by Gasteiger charge is -2.22. The molecule has 0 saturated heterocycles. The number of carbonyl (C=O) groups excluding carboxylic acids is 1. The first-order chi connectivity index (χ1) is 14.4. The number of thioether (sulfide) groups is 1. The minimum atomic E-state index is -0.0415. The number of aromatic nitrogens is 1. The fraction of sp³-hybridized carbons (Fsp3) is 0.261. The first kappa shape index (κ1) is 21.9. The summed E-state index contributed by atoms with van der Waals surface area (Å²) in [5, 5.41) is 12.2. The van der Waals surface area contributed by atoms with E-state index < -0.39 is 0 Å². The second-order valence-electron chi connectivity index (χ2n) is 6.79. The highest BCUT2D eigenvalue weighted by molar-refractivity contribution is 8.00. The summed E-state index contributed by atoms with van der Waals surface area (Å²) in [5.74, 6) is 0.895. The number of pyridine rings is 1. The number of benzene rings is 1. The van der Waals surface area contributed by atoms with Crippen molar-refractivity contribution in [2.45, 2.75) is 32.3 Å². The zero-order valence-corrected chi connectivity index (χ0v) is 19.1. The first-order valence-electron chi connectivity index (χ1n) is 9.42. The molecular weight excluding hydrogens is 414 g/mol. The maximum atomic E-state index is 13.2. The van der Waals surface area contributed by atoms with Crippen molar-refractivity contribution in [2.24, 2.45) is 0 Å². The normalized spacial score (nSPS) is 10.5. The maximum Gasteiger partial charge on any atom is 0.237 e. The van der Waals surface area contributed by atoms with Crippen molar-refractivity contribution in [2.75, 3.05) is 17.8 Å². The monoisotopic (exact) mass is 437 g/mol. The molecule has 0 fully saturated rings. The van der Waals surface area contributed by atoms with Gasteiger partial charge >= 0.3 is 0 Å². The second kappa shape index (κ2) is 9.79. The highest BCUT2D eigenvalue weighted by Gasteiger charge is 2.20. The number of aryl methyl sites for hydroxylation is 1. The van der Waals surface area contributed by atoms with Gasteiger partial charge in [0.15, 0.2) is 0 Å². The van der Waals surface area contributed by atoms with Crippen LogP contribution in [0.3, 0.4) is 0 Å². The Kier molecular flexibility index (Phi) is 7.14. The molecule has 1 aromatic carbocycles. The van der Waals surface area contributed by atoms with Crippen molar-refractivity contribution in [3.63, 3.8) is 0 Å². The molecule has 7 heteroatoms. The molecule has 2 aromatic heterocycles. The molecule has 0 saturated carbocycles. The van der Waals surface area contributed by atoms with Crippen molar-refractivity contribution in [1.82, 2.24) is 4.98 Å². The lowest BCUT2D eigenvalue weighted by molar-refractivity contribution is -0.116. The van der Waals surface area contributed by atoms with Crippen LogP contribution in [0, 0.1) is 32.1 Å². The van der Waals surface area contributed by atoms with Gasteiger partial charge in [-0.3, -0.25) is 4.79 Å². The molecule has 5 nitrogen and oxygen atoms in total. The van der Waals surface area contributed by atoms with Gasteiger partial charge in [-0.1, -0.05) is 17.8 Å². The van der Waals surface area contributed by atoms with Gasteiger partial charge in [-0.25, -0.2) is 4.98 Å². The largest absolute Gasteiger partial charge is 0.497 e. The van der Waals surface area contributed by atoms with Gasteiger partial charge < -0.3 is 9.64 Å². The summed E-state index contributed by atoms with van der Waals surface area (Å²) in [6.07, 6.45) is 0. The Balaban J connectivity index is 1.84. The van der Waals surface area contributed by atoms with Crippen LogP contribution >= 0.6 is 23.1 Å². The third kappa shape index (κ3) is 4.84. The van der Waals surface area contributed by atoms with Crippen LogP contribution in [0.15, 0.2) is 46.8 Å². The standard InChI is InChI=1S/C23H23N3O2S2/c1-15-16(2)21(12-24)23(25-17(15)3)30-14-22(27)26(13-20-6-5-11-29-20)18-7-9-19(28-4)10-8-18/h5-11H,13-14H2,1-4H3. The molecule has 1 amide bonds. The molecule has 0 unspecified atom stereocenters. The van der Waals surface area contributed by atoms with E-state index in [1.54, 1.807) is 23.3 Å². The van der Waals surface area contributed by atoms with Crippen LogP contribution in [0.25, 0.3) is 0 Å². The van der Waals surface area contributed by atoms with E-state index in [0.717, 1.165) is 33.1 Å². The molecule has 30 heavy (non-hydrogen) atoms. The predicted molar refractivity (Wildman–Crippen MR) is 122 cm³/mol. The van der Waals surface area contributed by atoms with Crippen LogP contribution in [-0.2, 0) is 11.3 Å². The fourth-order valence-corrected chi connectivity index (χ4v) is 4.65. The summed E-state index contributed by atoms with van der Waals surface area (Å²) in [6.45, 7) is 6.31. The number of thiophene rings is 1. The minimum Gasteiger partial charge on any atom is -0.497 e. The van der Waals surface area contributed by atoms with Gasteiger partial charge in [0.1, 0.15) is 16.8 Å². The minimum absolute atomic E-state index is 0.0415. The number of hydrogen-bond donors (Lipinski definition) is 0. The number of rotatable bonds is 7. The highest BCUT2D eigenvalue weighted by atomic mass is 32.2. The number of carbonyl (C=O) groups is 1. The summed E-state index contributed by atoms with van der Waals surface area (Å²) >= 11 is 2.93. The number of anilines is 1. The molecule has 0 aliphatic heterocycles. The third-order valence-electron chi connectivity index (χ3n) is 4.99. The van der Waals surface area contributed by atoms with E-state index in [2.05, 4.69) is 11.1 Å². The Morgan fingerprint density at radius 2 is 1.93 bits per heavy atom. The Morgan fingerprint density at radius 1 is 1.20 bits per heavy atom. The lowest BCUT2D eigenvalue weighted by atomic mass is 10.1. The molecule has 0 spiro atoms. The third-order valence-corrected chi connectivity index (χ3v) is 6.81. The van der Waals surface area contributed by atoms with Crippen LogP contribution in [0.5, 0.6) is 5.75 Å². The molecule has 0 N–H and O–H groups in total. The van der Waals surface area contributed by atoms with Crippen LogP contribution < -0.4 is 9.64 Å². The maximum absolute atomic E-state index is 13.2. The van der Waals surface area contributed by atoms with Crippen LogP contribution in [0.4, 0.5) is 5.69 Å². The van der Waals surface area contributed by atoms with Gasteiger partial charge in [0.05, 0.1) is 25.0 Å². The zero-order chi connectivity index (χ0) is 21.7. The summed E-state index contributed by atoms with van der Waals surface area (Å²) in [5.41, 5.74) is 4.17. The van der Waals surface area contributed by atoms with Gasteiger partial charge in [0.2, 0.25) is 5.91 Å². The molecule has 0 radical (unpaired) electrons. The average Bonchev–Trinajstić information content (AvgIpc) is 3.27. The van der Waals surface area contributed by atoms with E-state index in [9.17, 15) is 10.1 Å². The number of hydrogen-bond acceptors (Lipinski definition) is 6. The zero-order valence-electron chi connectivity index (χ0n) is 17.4. The smallest absolute Gasteiger partial charge is 0.237 e. The molecule has 0 bridgehead atoms. The molecule has 0 aliphatic rings. The van der Waals surface area contributed by atoms with Crippen molar-refractivity contribution < 1.29 is 9.53 Å². The van der Waals surface area contributed by atoms with E-state index in [1.165, 1.54) is 11.8 Å². The van der Waals surface area contributed by atoms with E-state index in [-0.39, 0.29) is 11.7 Å². The topological polar surface area (TPSA) is 66.2 Å². The Bertz CT molecular complexity index is 1070. The highest BCUT2D eigenvalue weighted by Crippen LogP contribution is 2.28. The van der Waals surface area contributed by atoms with Crippen molar-refractivity contribution >= 4 is 34.7 Å². The summed E-state index contributed by atoms with van der Waals surface area (Å²) in [7, 11) is 1.62. The Hall–Kier alpha value is -2.82. The number of ether oxygens (including phenoxy) is 1. The van der Waals surface area contributed by atoms with Gasteiger partial charge in [0.25, 0.3) is 0 Å². The molecule has 0 atom stereocenters. The second-order valence-corrected chi connectivity index (χ2v) is 8.78. The SMILES string of the molecule is COc1ccc(N(Cc2cccs2)C(=O)CSc2nc(C)c(C)c(C)c2C#N)cc1. The fourth-order valence-electron chi connectivity index (χ4n) is 3.00. The van der Waals surface area contributed by atoms with Gasteiger partial charge in [0, 0.05) is 16.3 Å². The Labute approximate surface area is 185 Å². The number of amides is 1. The van der Waals surface area contributed by atoms with Gasteiger partial charge in [-0.05, 0) is 67.6 Å². The van der Waals surface area contributed by atoms with E-state index in [0.29, 0.717) is 17.1 Å². The molecule has 0 aliphatic carbocycles. The van der Waals surface area contributed by atoms with E-state index in [1.807, 2.05) is 62.5 Å². The number of nitrogens with zero attached hydrogens (tertiary/aromatic N) is 3. The number of nitriles is 1. The molecule has 3 aromatic rings. The summed E-state index contributed by atoms with van der Waals surface area (Å²) in [4.78, 5) is 20.6. The first-order valence-corrected chi connectivity index (χ1v) is 11.3. The Morgan fingerprint density at radius 3 is 2.53 bits per heavy atom. The van der Waals surface area contributed by atoms with Crippen LogP contribution in [-0.4, -0.2) is 23.8 Å². The number of methoxy groups -OCH3 is 1. The van der Waals surface area contributed by atoms with Crippen molar-refractivity contribution in [1.29, 1.82) is 5.26 Å². The van der Waals surface area contributed by atoms with Crippen molar-refractivity contribution in [3.05, 3.63) is 69.0 Å². The summed E-state index contributed by atoms with van der Waals surface area (Å²) < 4.78 is 5.23. The molecule has 2 heterocycles. The molecule has 154 valence electrons. The summed E-state index contributed by atoms with van der Waals surface area (Å²) in [6, 6.07) is 13.7. The molecule has 3 rings (SSSR count). The van der Waals surface area contributed by atoms with Crippen LogP contribution in [0.2, 0.25) is 0 Å². The van der Waals surface area contributed by atoms with Crippen LogP contribution in [0.1, 0.15) is 27.3 Å². The van der Waals surface area contributed by atoms with Gasteiger partial charge in [-0.2, -0.15) is 5.26 Å². The predicted octanol–water partition coefficient (Wildman–Crippen LogP) is 5.27. The lowest BCUT2D eigenvalue weighted by Crippen LogP contribution is -2.31. The average molecular weight is 438 g/mol. The van der Waals surface area contributed by atoms with Gasteiger partial charge in [-0.15, -0.1) is 11.3 Å². The van der Waals surface area contributed by atoms with Crippen molar-refractivity contribution in [3.8, 4) is 11.8 Å². The quantitative estimate of drug-likeness (QED) is 0.471. The van der Waals surface area contributed by atoms with E-state index in [4.69, 9.17) is 4.74 Å². The van der Waals surface area contributed by atoms with E-state index >= 15 is 0 Å². The molecular formula is C23H23N3O2S2.